The van der Waals surface area contributed by atoms with E-state index < -0.39 is 0 Å². The van der Waals surface area contributed by atoms with Crippen molar-refractivity contribution < 1.29 is 9.59 Å². The SMILES string of the molecule is CCCCCNC(=O)c1snc(C(=O)N2CCCC2)c1N. The number of carbonyl (C=O) groups is 2. The van der Waals surface area contributed by atoms with Gasteiger partial charge in [0.2, 0.25) is 0 Å². The fourth-order valence-electron chi connectivity index (χ4n) is 2.34. The van der Waals surface area contributed by atoms with Crippen molar-refractivity contribution in [3.8, 4) is 0 Å². The molecule has 0 radical (unpaired) electrons. The molecule has 2 heterocycles. The molecule has 3 N–H and O–H groups in total. The predicted octanol–water partition coefficient (Wildman–Crippen LogP) is 1.88. The average molecular weight is 310 g/mol. The van der Waals surface area contributed by atoms with Crippen LogP contribution >= 0.6 is 11.5 Å². The summed E-state index contributed by atoms with van der Waals surface area (Å²) in [6, 6.07) is 0. The van der Waals surface area contributed by atoms with E-state index in [0.717, 1.165) is 56.7 Å². The second kappa shape index (κ2) is 7.40. The molecule has 0 aliphatic carbocycles. The Balaban J connectivity index is 1.99. The van der Waals surface area contributed by atoms with Crippen molar-refractivity contribution in [3.05, 3.63) is 10.6 Å². The molecule has 1 aromatic heterocycles. The number of unbranched alkanes of at least 4 members (excludes halogenated alkanes) is 2. The molecule has 1 aliphatic rings. The van der Waals surface area contributed by atoms with Gasteiger partial charge in [0, 0.05) is 19.6 Å². The van der Waals surface area contributed by atoms with Crippen molar-refractivity contribution in [2.75, 3.05) is 25.4 Å². The van der Waals surface area contributed by atoms with Gasteiger partial charge in [0.1, 0.15) is 4.88 Å². The lowest BCUT2D eigenvalue weighted by Gasteiger charge is -2.13. The average Bonchev–Trinajstić information content (AvgIpc) is 3.12. The van der Waals surface area contributed by atoms with Gasteiger partial charge in [0.15, 0.2) is 5.69 Å². The minimum Gasteiger partial charge on any atom is -0.395 e. The van der Waals surface area contributed by atoms with Gasteiger partial charge in [-0.25, -0.2) is 0 Å². The van der Waals surface area contributed by atoms with Crippen LogP contribution in [0, 0.1) is 0 Å². The summed E-state index contributed by atoms with van der Waals surface area (Å²) in [5.41, 5.74) is 6.38. The lowest BCUT2D eigenvalue weighted by atomic mass is 10.2. The Hall–Kier alpha value is -1.63. The topological polar surface area (TPSA) is 88.3 Å². The Labute approximate surface area is 128 Å². The van der Waals surface area contributed by atoms with Crippen LogP contribution in [0.25, 0.3) is 0 Å². The molecule has 7 heteroatoms. The summed E-state index contributed by atoms with van der Waals surface area (Å²) >= 11 is 1.00. The first kappa shape index (κ1) is 15.8. The molecule has 2 rings (SSSR count). The fraction of sp³-hybridized carbons (Fsp3) is 0.643. The molecule has 0 unspecified atom stereocenters. The maximum absolute atomic E-state index is 12.3. The zero-order valence-corrected chi connectivity index (χ0v) is 13.2. The van der Waals surface area contributed by atoms with Gasteiger partial charge in [-0.15, -0.1) is 0 Å². The van der Waals surface area contributed by atoms with Crippen LogP contribution in [-0.2, 0) is 0 Å². The Morgan fingerprint density at radius 2 is 2.05 bits per heavy atom. The second-order valence-electron chi connectivity index (χ2n) is 5.24. The van der Waals surface area contributed by atoms with Gasteiger partial charge in [-0.3, -0.25) is 9.59 Å². The van der Waals surface area contributed by atoms with Crippen LogP contribution in [-0.4, -0.2) is 40.7 Å². The smallest absolute Gasteiger partial charge is 0.275 e. The zero-order valence-electron chi connectivity index (χ0n) is 12.4. The molecule has 0 saturated carbocycles. The first-order valence-corrected chi connectivity index (χ1v) is 8.25. The summed E-state index contributed by atoms with van der Waals surface area (Å²) in [6.07, 6.45) is 5.16. The lowest BCUT2D eigenvalue weighted by Crippen LogP contribution is -2.29. The van der Waals surface area contributed by atoms with E-state index in [1.807, 2.05) is 0 Å². The van der Waals surface area contributed by atoms with Gasteiger partial charge in [-0.2, -0.15) is 4.37 Å². The van der Waals surface area contributed by atoms with E-state index in [1.165, 1.54) is 0 Å². The Bertz CT molecular complexity index is 509. The number of hydrogen-bond donors (Lipinski definition) is 2. The number of anilines is 1. The van der Waals surface area contributed by atoms with Gasteiger partial charge in [-0.05, 0) is 30.8 Å². The molecule has 21 heavy (non-hydrogen) atoms. The van der Waals surface area contributed by atoms with Gasteiger partial charge >= 0.3 is 0 Å². The molecule has 2 amide bonds. The van der Waals surface area contributed by atoms with E-state index >= 15 is 0 Å². The van der Waals surface area contributed by atoms with Crippen LogP contribution < -0.4 is 11.1 Å². The van der Waals surface area contributed by atoms with Crippen molar-refractivity contribution in [3.63, 3.8) is 0 Å². The molecule has 0 spiro atoms. The monoisotopic (exact) mass is 310 g/mol. The molecule has 1 aromatic rings. The van der Waals surface area contributed by atoms with Crippen LogP contribution in [0.1, 0.15) is 59.2 Å². The van der Waals surface area contributed by atoms with Crippen LogP contribution in [0.15, 0.2) is 0 Å². The third kappa shape index (κ3) is 3.72. The zero-order chi connectivity index (χ0) is 15.2. The molecular formula is C14H22N4O2S. The third-order valence-corrected chi connectivity index (χ3v) is 4.46. The van der Waals surface area contributed by atoms with Crippen LogP contribution in [0.2, 0.25) is 0 Å². The number of nitrogens with one attached hydrogen (secondary N) is 1. The Morgan fingerprint density at radius 1 is 1.33 bits per heavy atom. The molecule has 0 aromatic carbocycles. The lowest BCUT2D eigenvalue weighted by molar-refractivity contribution is 0.0789. The molecule has 1 fully saturated rings. The van der Waals surface area contributed by atoms with Crippen molar-refractivity contribution in [2.24, 2.45) is 0 Å². The number of carbonyl (C=O) groups excluding carboxylic acids is 2. The van der Waals surface area contributed by atoms with Crippen molar-refractivity contribution >= 4 is 29.0 Å². The van der Waals surface area contributed by atoms with Crippen LogP contribution in [0.5, 0.6) is 0 Å². The quantitative estimate of drug-likeness (QED) is 0.785. The number of likely N-dealkylation sites (tertiary alicyclic amines) is 1. The van der Waals surface area contributed by atoms with Crippen molar-refractivity contribution in [1.82, 2.24) is 14.6 Å². The summed E-state index contributed by atoms with van der Waals surface area (Å²) < 4.78 is 4.09. The van der Waals surface area contributed by atoms with Crippen molar-refractivity contribution in [2.45, 2.75) is 39.0 Å². The first-order chi connectivity index (χ1) is 10.1. The molecule has 116 valence electrons. The van der Waals surface area contributed by atoms with Gasteiger partial charge in [-0.1, -0.05) is 19.8 Å². The van der Waals surface area contributed by atoms with E-state index in [0.29, 0.717) is 11.4 Å². The first-order valence-electron chi connectivity index (χ1n) is 7.47. The van der Waals surface area contributed by atoms with Crippen molar-refractivity contribution in [1.29, 1.82) is 0 Å². The number of hydrogen-bond acceptors (Lipinski definition) is 5. The molecule has 1 saturated heterocycles. The molecule has 0 atom stereocenters. The van der Waals surface area contributed by atoms with Crippen LogP contribution in [0.3, 0.4) is 0 Å². The van der Waals surface area contributed by atoms with E-state index in [4.69, 9.17) is 5.73 Å². The number of nitrogens with zero attached hydrogens (tertiary/aromatic N) is 2. The van der Waals surface area contributed by atoms with E-state index in [9.17, 15) is 9.59 Å². The number of rotatable bonds is 6. The summed E-state index contributed by atoms with van der Waals surface area (Å²) in [5.74, 6) is -0.396. The van der Waals surface area contributed by atoms with E-state index in [-0.39, 0.29) is 23.2 Å². The second-order valence-corrected chi connectivity index (χ2v) is 6.01. The Kier molecular flexibility index (Phi) is 5.55. The van der Waals surface area contributed by atoms with Gasteiger partial charge < -0.3 is 16.0 Å². The van der Waals surface area contributed by atoms with Gasteiger partial charge in [0.05, 0.1) is 5.69 Å². The maximum Gasteiger partial charge on any atom is 0.275 e. The highest BCUT2D eigenvalue weighted by Crippen LogP contribution is 2.24. The largest absolute Gasteiger partial charge is 0.395 e. The highest BCUT2D eigenvalue weighted by Gasteiger charge is 2.27. The number of nitrogen functional groups attached to an aromatic ring is 1. The number of nitrogens with two attached hydrogens (primary N) is 1. The Morgan fingerprint density at radius 3 is 2.71 bits per heavy atom. The van der Waals surface area contributed by atoms with Gasteiger partial charge in [0.25, 0.3) is 11.8 Å². The highest BCUT2D eigenvalue weighted by molar-refractivity contribution is 7.09. The molecule has 0 bridgehead atoms. The van der Waals surface area contributed by atoms with E-state index in [1.54, 1.807) is 4.90 Å². The maximum atomic E-state index is 12.3. The normalized spacial score (nSPS) is 14.4. The molecule has 1 aliphatic heterocycles. The van der Waals surface area contributed by atoms with E-state index in [2.05, 4.69) is 16.6 Å². The minimum atomic E-state index is -0.235. The highest BCUT2D eigenvalue weighted by atomic mass is 32.1. The molecular weight excluding hydrogens is 288 g/mol. The standard InChI is InChI=1S/C14H22N4O2S/c1-2-3-4-7-16-13(19)12-10(15)11(17-21-12)14(20)18-8-5-6-9-18/h2-9,15H2,1H3,(H,16,19). The van der Waals surface area contributed by atoms with Crippen LogP contribution in [0.4, 0.5) is 5.69 Å². The third-order valence-electron chi connectivity index (χ3n) is 3.60. The number of aromatic nitrogens is 1. The summed E-state index contributed by atoms with van der Waals surface area (Å²) in [7, 11) is 0. The molecule has 6 nitrogen and oxygen atoms in total. The summed E-state index contributed by atoms with van der Waals surface area (Å²) in [5, 5.41) is 2.82. The predicted molar refractivity (Wildman–Crippen MR) is 83.5 cm³/mol. The summed E-state index contributed by atoms with van der Waals surface area (Å²) in [4.78, 5) is 26.4. The number of amides is 2. The minimum absolute atomic E-state index is 0.161. The fourth-order valence-corrected chi connectivity index (χ4v) is 3.05. The summed E-state index contributed by atoms with van der Waals surface area (Å²) in [6.45, 7) is 4.22.